The summed E-state index contributed by atoms with van der Waals surface area (Å²) >= 11 is 0. The van der Waals surface area contributed by atoms with Crippen LogP contribution in [0.5, 0.6) is 0 Å². The lowest BCUT2D eigenvalue weighted by Gasteiger charge is -2.29. The van der Waals surface area contributed by atoms with E-state index < -0.39 is 0 Å². The Balaban J connectivity index is 1.46. The normalized spacial score (nSPS) is 13.2. The van der Waals surface area contributed by atoms with Crippen LogP contribution in [0.3, 0.4) is 0 Å². The molecule has 0 saturated heterocycles. The third-order valence-electron chi connectivity index (χ3n) is 4.64. The fraction of sp³-hybridized carbons (Fsp3) is 0.190. The van der Waals surface area contributed by atoms with Gasteiger partial charge in [0.05, 0.1) is 0 Å². The zero-order valence-corrected chi connectivity index (χ0v) is 14.4. The predicted octanol–water partition coefficient (Wildman–Crippen LogP) is 2.97. The lowest BCUT2D eigenvalue weighted by Crippen LogP contribution is -2.31. The van der Waals surface area contributed by atoms with Crippen molar-refractivity contribution in [3.05, 3.63) is 89.4 Å². The van der Waals surface area contributed by atoms with Gasteiger partial charge in [-0.2, -0.15) is 0 Å². The molecule has 2 heterocycles. The van der Waals surface area contributed by atoms with Crippen LogP contribution in [0.4, 0.5) is 5.82 Å². The van der Waals surface area contributed by atoms with Crippen LogP contribution in [0.25, 0.3) is 0 Å². The summed E-state index contributed by atoms with van der Waals surface area (Å²) in [5.74, 6) is 0.606. The van der Waals surface area contributed by atoms with Crippen molar-refractivity contribution in [2.75, 3.05) is 11.4 Å². The molecule has 0 radical (unpaired) electrons. The van der Waals surface area contributed by atoms with Crippen LogP contribution in [0.2, 0.25) is 0 Å². The van der Waals surface area contributed by atoms with Gasteiger partial charge in [-0.25, -0.2) is 9.97 Å². The highest BCUT2D eigenvalue weighted by molar-refractivity contribution is 5.92. The van der Waals surface area contributed by atoms with Gasteiger partial charge in [-0.1, -0.05) is 54.6 Å². The number of rotatable bonds is 4. The van der Waals surface area contributed by atoms with Crippen LogP contribution in [0.1, 0.15) is 27.2 Å². The second-order valence-electron chi connectivity index (χ2n) is 6.37. The van der Waals surface area contributed by atoms with Crippen LogP contribution in [-0.2, 0) is 19.5 Å². The molecule has 3 aromatic rings. The minimum atomic E-state index is -0.185. The summed E-state index contributed by atoms with van der Waals surface area (Å²) in [6.45, 7) is 2.17. The average molecular weight is 344 g/mol. The Labute approximate surface area is 152 Å². The standard InChI is InChI=1S/C21H20N4O/c26-21(22-13-16-6-2-1-3-7-16)19-12-20(24-15-23-19)25-11-10-17-8-4-5-9-18(17)14-25/h1-9,12,15H,10-11,13-14H2,(H,22,26). The van der Waals surface area contributed by atoms with Crippen LogP contribution < -0.4 is 10.2 Å². The number of benzene rings is 2. The minimum absolute atomic E-state index is 0.185. The van der Waals surface area contributed by atoms with E-state index in [1.54, 1.807) is 6.07 Å². The summed E-state index contributed by atoms with van der Waals surface area (Å²) in [4.78, 5) is 23.1. The predicted molar refractivity (Wildman–Crippen MR) is 101 cm³/mol. The lowest BCUT2D eigenvalue weighted by atomic mass is 10.00. The SMILES string of the molecule is O=C(NCc1ccccc1)c1cc(N2CCc3ccccc3C2)ncn1. The molecule has 1 N–H and O–H groups in total. The molecular formula is C21H20N4O. The van der Waals surface area contributed by atoms with Gasteiger partial charge >= 0.3 is 0 Å². The average Bonchev–Trinajstić information content (AvgIpc) is 2.72. The van der Waals surface area contributed by atoms with Crippen molar-refractivity contribution in [3.63, 3.8) is 0 Å². The summed E-state index contributed by atoms with van der Waals surface area (Å²) < 4.78 is 0. The highest BCUT2D eigenvalue weighted by atomic mass is 16.1. The zero-order valence-electron chi connectivity index (χ0n) is 14.4. The summed E-state index contributed by atoms with van der Waals surface area (Å²) in [7, 11) is 0. The van der Waals surface area contributed by atoms with Crippen molar-refractivity contribution < 1.29 is 4.79 Å². The Morgan fingerprint density at radius 3 is 2.62 bits per heavy atom. The monoisotopic (exact) mass is 344 g/mol. The van der Waals surface area contributed by atoms with E-state index in [9.17, 15) is 4.79 Å². The Hall–Kier alpha value is -3.21. The maximum atomic E-state index is 12.4. The summed E-state index contributed by atoms with van der Waals surface area (Å²) in [5.41, 5.74) is 4.15. The highest BCUT2D eigenvalue weighted by Gasteiger charge is 2.18. The number of aromatic nitrogens is 2. The van der Waals surface area contributed by atoms with Gasteiger partial charge in [0.15, 0.2) is 0 Å². The number of nitrogens with zero attached hydrogens (tertiary/aromatic N) is 3. The minimum Gasteiger partial charge on any atom is -0.352 e. The molecule has 0 fully saturated rings. The van der Waals surface area contributed by atoms with E-state index in [0.717, 1.165) is 30.9 Å². The molecule has 0 unspecified atom stereocenters. The topological polar surface area (TPSA) is 58.1 Å². The number of carbonyl (C=O) groups excluding carboxylic acids is 1. The smallest absolute Gasteiger partial charge is 0.270 e. The third kappa shape index (κ3) is 3.57. The van der Waals surface area contributed by atoms with Crippen LogP contribution in [-0.4, -0.2) is 22.4 Å². The Kier molecular flexibility index (Phi) is 4.60. The van der Waals surface area contributed by atoms with Crippen LogP contribution in [0, 0.1) is 0 Å². The highest BCUT2D eigenvalue weighted by Crippen LogP contribution is 2.23. The summed E-state index contributed by atoms with van der Waals surface area (Å²) in [5, 5.41) is 2.91. The molecule has 0 aliphatic carbocycles. The first-order valence-electron chi connectivity index (χ1n) is 8.75. The Morgan fingerprint density at radius 1 is 1.00 bits per heavy atom. The molecule has 0 bridgehead atoms. The van der Waals surface area contributed by atoms with Crippen molar-refractivity contribution in [2.45, 2.75) is 19.5 Å². The quantitative estimate of drug-likeness (QED) is 0.790. The van der Waals surface area contributed by atoms with E-state index in [1.165, 1.54) is 17.5 Å². The number of carbonyl (C=O) groups is 1. The van der Waals surface area contributed by atoms with Crippen molar-refractivity contribution in [1.29, 1.82) is 0 Å². The molecule has 130 valence electrons. The Bertz CT molecular complexity index is 911. The first kappa shape index (κ1) is 16.3. The zero-order chi connectivity index (χ0) is 17.8. The van der Waals surface area contributed by atoms with Gasteiger partial charge in [0.2, 0.25) is 0 Å². The van der Waals surface area contributed by atoms with E-state index in [1.807, 2.05) is 30.3 Å². The van der Waals surface area contributed by atoms with Gasteiger partial charge in [0.25, 0.3) is 5.91 Å². The number of hydrogen-bond donors (Lipinski definition) is 1. The molecule has 1 amide bonds. The molecule has 0 atom stereocenters. The number of hydrogen-bond acceptors (Lipinski definition) is 4. The van der Waals surface area contributed by atoms with Gasteiger partial charge in [0, 0.05) is 25.7 Å². The molecule has 26 heavy (non-hydrogen) atoms. The van der Waals surface area contributed by atoms with Gasteiger partial charge in [-0.15, -0.1) is 0 Å². The van der Waals surface area contributed by atoms with E-state index in [4.69, 9.17) is 0 Å². The van der Waals surface area contributed by atoms with Crippen molar-refractivity contribution in [2.24, 2.45) is 0 Å². The van der Waals surface area contributed by atoms with E-state index in [2.05, 4.69) is 44.5 Å². The lowest BCUT2D eigenvalue weighted by molar-refractivity contribution is 0.0945. The first-order chi connectivity index (χ1) is 12.8. The van der Waals surface area contributed by atoms with Gasteiger partial charge in [-0.3, -0.25) is 4.79 Å². The largest absolute Gasteiger partial charge is 0.352 e. The maximum absolute atomic E-state index is 12.4. The fourth-order valence-electron chi connectivity index (χ4n) is 3.20. The van der Waals surface area contributed by atoms with E-state index >= 15 is 0 Å². The number of fused-ring (bicyclic) bond motifs is 1. The van der Waals surface area contributed by atoms with Crippen molar-refractivity contribution in [3.8, 4) is 0 Å². The van der Waals surface area contributed by atoms with Gasteiger partial charge in [0.1, 0.15) is 17.8 Å². The molecular weight excluding hydrogens is 324 g/mol. The second-order valence-corrected chi connectivity index (χ2v) is 6.37. The molecule has 0 spiro atoms. The van der Waals surface area contributed by atoms with Gasteiger partial charge < -0.3 is 10.2 Å². The third-order valence-corrected chi connectivity index (χ3v) is 4.64. The second kappa shape index (κ2) is 7.35. The maximum Gasteiger partial charge on any atom is 0.270 e. The summed E-state index contributed by atoms with van der Waals surface area (Å²) in [6, 6.07) is 20.1. The molecule has 5 heteroatoms. The molecule has 4 rings (SSSR count). The van der Waals surface area contributed by atoms with E-state index in [-0.39, 0.29) is 5.91 Å². The van der Waals surface area contributed by atoms with Crippen LogP contribution >= 0.6 is 0 Å². The molecule has 0 saturated carbocycles. The van der Waals surface area contributed by atoms with Crippen molar-refractivity contribution >= 4 is 11.7 Å². The molecule has 5 nitrogen and oxygen atoms in total. The number of nitrogens with one attached hydrogen (secondary N) is 1. The summed E-state index contributed by atoms with van der Waals surface area (Å²) in [6.07, 6.45) is 2.45. The Morgan fingerprint density at radius 2 is 1.77 bits per heavy atom. The fourth-order valence-corrected chi connectivity index (χ4v) is 3.20. The molecule has 1 aliphatic heterocycles. The molecule has 1 aliphatic rings. The van der Waals surface area contributed by atoms with Gasteiger partial charge in [-0.05, 0) is 23.1 Å². The number of amides is 1. The van der Waals surface area contributed by atoms with Crippen molar-refractivity contribution in [1.82, 2.24) is 15.3 Å². The molecule has 1 aromatic heterocycles. The van der Waals surface area contributed by atoms with E-state index in [0.29, 0.717) is 12.2 Å². The van der Waals surface area contributed by atoms with Crippen LogP contribution in [0.15, 0.2) is 67.0 Å². The number of anilines is 1. The molecule has 2 aromatic carbocycles. The first-order valence-corrected chi connectivity index (χ1v) is 8.75.